The minimum atomic E-state index is -3.80. The van der Waals surface area contributed by atoms with Crippen molar-refractivity contribution in [1.29, 1.82) is 0 Å². The van der Waals surface area contributed by atoms with Gasteiger partial charge >= 0.3 is 0 Å². The summed E-state index contributed by atoms with van der Waals surface area (Å²) in [6, 6.07) is 14.0. The largest absolute Gasteiger partial charge is 0.393 e. The van der Waals surface area contributed by atoms with Crippen LogP contribution in [0.5, 0.6) is 0 Å². The minimum Gasteiger partial charge on any atom is -0.393 e. The Labute approximate surface area is 172 Å². The van der Waals surface area contributed by atoms with Gasteiger partial charge in [-0.05, 0) is 51.0 Å². The Morgan fingerprint density at radius 1 is 1.00 bits per heavy atom. The number of likely N-dealkylation sites (tertiary alicyclic amines) is 1. The first-order valence-corrected chi connectivity index (χ1v) is 11.3. The van der Waals surface area contributed by atoms with Crippen LogP contribution in [0.25, 0.3) is 0 Å². The highest BCUT2D eigenvalue weighted by Crippen LogP contribution is 2.25. The molecule has 0 aliphatic carbocycles. The number of piperidine rings is 1. The van der Waals surface area contributed by atoms with E-state index in [1.54, 1.807) is 41.3 Å². The summed E-state index contributed by atoms with van der Waals surface area (Å²) in [5, 5.41) is 9.62. The zero-order valence-corrected chi connectivity index (χ0v) is 17.7. The zero-order chi connectivity index (χ0) is 21.0. The van der Waals surface area contributed by atoms with Crippen LogP contribution in [0, 0.1) is 13.8 Å². The van der Waals surface area contributed by atoms with Crippen LogP contribution in [0.1, 0.15) is 30.4 Å². The maximum absolute atomic E-state index is 13.3. The molecule has 156 valence electrons. The van der Waals surface area contributed by atoms with Crippen LogP contribution >= 0.6 is 0 Å². The molecule has 29 heavy (non-hydrogen) atoms. The summed E-state index contributed by atoms with van der Waals surface area (Å²) in [7, 11) is -3.80. The van der Waals surface area contributed by atoms with E-state index in [2.05, 4.69) is 0 Å². The third-order valence-corrected chi connectivity index (χ3v) is 7.12. The van der Waals surface area contributed by atoms with Gasteiger partial charge < -0.3 is 10.0 Å². The maximum atomic E-state index is 13.3. The lowest BCUT2D eigenvalue weighted by Crippen LogP contribution is -2.42. The van der Waals surface area contributed by atoms with Crippen molar-refractivity contribution in [2.75, 3.05) is 23.9 Å². The van der Waals surface area contributed by atoms with Gasteiger partial charge in [-0.25, -0.2) is 8.42 Å². The van der Waals surface area contributed by atoms with Crippen molar-refractivity contribution in [3.8, 4) is 0 Å². The third-order valence-electron chi connectivity index (χ3n) is 5.28. The number of carbonyl (C=O) groups is 1. The molecule has 6 nitrogen and oxygen atoms in total. The molecule has 1 saturated heterocycles. The fraction of sp³-hybridized carbons (Fsp3) is 0.409. The number of amides is 1. The van der Waals surface area contributed by atoms with Gasteiger partial charge in [-0.3, -0.25) is 9.10 Å². The van der Waals surface area contributed by atoms with Crippen LogP contribution in [-0.4, -0.2) is 50.1 Å². The highest BCUT2D eigenvalue weighted by Gasteiger charge is 2.27. The molecule has 3 rings (SSSR count). The molecule has 0 unspecified atom stereocenters. The fourth-order valence-corrected chi connectivity index (χ4v) is 4.87. The van der Waals surface area contributed by atoms with Crippen molar-refractivity contribution in [3.63, 3.8) is 0 Å². The van der Waals surface area contributed by atoms with Gasteiger partial charge in [0.05, 0.1) is 16.7 Å². The van der Waals surface area contributed by atoms with Crippen molar-refractivity contribution in [2.24, 2.45) is 0 Å². The number of aliphatic hydroxyl groups is 1. The number of rotatable bonds is 6. The molecular formula is C22H28N2O4S. The van der Waals surface area contributed by atoms with Gasteiger partial charge in [-0.2, -0.15) is 0 Å². The first-order valence-electron chi connectivity index (χ1n) is 9.89. The van der Waals surface area contributed by atoms with E-state index in [9.17, 15) is 18.3 Å². The van der Waals surface area contributed by atoms with Gasteiger partial charge in [0.1, 0.15) is 0 Å². The zero-order valence-electron chi connectivity index (χ0n) is 16.9. The van der Waals surface area contributed by atoms with E-state index in [4.69, 9.17) is 0 Å². The monoisotopic (exact) mass is 416 g/mol. The maximum Gasteiger partial charge on any atom is 0.264 e. The van der Waals surface area contributed by atoms with E-state index in [0.717, 1.165) is 11.1 Å². The number of anilines is 1. The molecular weight excluding hydrogens is 388 g/mol. The molecule has 1 N–H and O–H groups in total. The number of hydrogen-bond donors (Lipinski definition) is 1. The molecule has 7 heteroatoms. The van der Waals surface area contributed by atoms with Crippen LogP contribution in [-0.2, 0) is 14.8 Å². The third kappa shape index (κ3) is 5.16. The second-order valence-corrected chi connectivity index (χ2v) is 9.45. The fourth-order valence-electron chi connectivity index (χ4n) is 3.41. The molecule has 0 aromatic heterocycles. The molecule has 2 aromatic carbocycles. The molecule has 1 aliphatic rings. The van der Waals surface area contributed by atoms with Crippen molar-refractivity contribution < 1.29 is 18.3 Å². The number of carbonyl (C=O) groups excluding carboxylic acids is 1. The summed E-state index contributed by atoms with van der Waals surface area (Å²) in [6.45, 7) is 4.93. The summed E-state index contributed by atoms with van der Waals surface area (Å²) in [5.41, 5.74) is 2.55. The lowest BCUT2D eigenvalue weighted by atomic mass is 10.1. The van der Waals surface area contributed by atoms with Crippen molar-refractivity contribution in [2.45, 2.75) is 44.1 Å². The predicted octanol–water partition coefficient (Wildman–Crippen LogP) is 2.87. The second kappa shape index (κ2) is 8.97. The molecule has 2 aromatic rings. The van der Waals surface area contributed by atoms with Crippen LogP contribution in [0.15, 0.2) is 53.4 Å². The average molecular weight is 417 g/mol. The number of aryl methyl sites for hydroxylation is 2. The Bertz CT molecular complexity index is 932. The second-order valence-electron chi connectivity index (χ2n) is 7.59. The summed E-state index contributed by atoms with van der Waals surface area (Å²) in [5.74, 6) is -0.0897. The quantitative estimate of drug-likeness (QED) is 0.785. The first kappa shape index (κ1) is 21.3. The molecule has 1 aliphatic heterocycles. The Kier molecular flexibility index (Phi) is 6.59. The molecule has 0 atom stereocenters. The van der Waals surface area contributed by atoms with Gasteiger partial charge in [0.15, 0.2) is 0 Å². The standard InChI is InChI=1S/C22H28N2O4S/c1-17-3-7-19(8-4-17)24(29(27,28)21-9-5-18(2)6-10-21)16-13-22(26)23-14-11-20(25)12-15-23/h3-10,20,25H,11-16H2,1-2H3. The smallest absolute Gasteiger partial charge is 0.264 e. The average Bonchev–Trinajstić information content (AvgIpc) is 2.70. The number of aliphatic hydroxyl groups excluding tert-OH is 1. The number of nitrogens with zero attached hydrogens (tertiary/aromatic N) is 2. The van der Waals surface area contributed by atoms with E-state index in [0.29, 0.717) is 31.6 Å². The minimum absolute atomic E-state index is 0.0666. The summed E-state index contributed by atoms with van der Waals surface area (Å²) < 4.78 is 28.0. The van der Waals surface area contributed by atoms with Gasteiger partial charge in [0.25, 0.3) is 10.0 Å². The summed E-state index contributed by atoms with van der Waals surface area (Å²) >= 11 is 0. The molecule has 0 spiro atoms. The van der Waals surface area contributed by atoms with Crippen molar-refractivity contribution in [1.82, 2.24) is 4.90 Å². The van der Waals surface area contributed by atoms with Gasteiger partial charge in [-0.15, -0.1) is 0 Å². The normalized spacial score (nSPS) is 15.3. The van der Waals surface area contributed by atoms with E-state index in [-0.39, 0.29) is 29.9 Å². The highest BCUT2D eigenvalue weighted by molar-refractivity contribution is 7.92. The van der Waals surface area contributed by atoms with Gasteiger partial charge in [0.2, 0.25) is 5.91 Å². The van der Waals surface area contributed by atoms with E-state index < -0.39 is 10.0 Å². The summed E-state index contributed by atoms with van der Waals surface area (Å²) in [6.07, 6.45) is 0.865. The van der Waals surface area contributed by atoms with Crippen LogP contribution in [0.3, 0.4) is 0 Å². The topological polar surface area (TPSA) is 77.9 Å². The van der Waals surface area contributed by atoms with Crippen LogP contribution < -0.4 is 4.31 Å². The van der Waals surface area contributed by atoms with E-state index >= 15 is 0 Å². The van der Waals surface area contributed by atoms with E-state index in [1.807, 2.05) is 26.0 Å². The van der Waals surface area contributed by atoms with Crippen molar-refractivity contribution in [3.05, 3.63) is 59.7 Å². The Morgan fingerprint density at radius 3 is 2.07 bits per heavy atom. The van der Waals surface area contributed by atoms with Gasteiger partial charge in [0, 0.05) is 26.1 Å². The summed E-state index contributed by atoms with van der Waals surface area (Å²) in [4.78, 5) is 14.5. The Hall–Kier alpha value is -2.38. The Morgan fingerprint density at radius 2 is 1.52 bits per heavy atom. The number of benzene rings is 2. The highest BCUT2D eigenvalue weighted by atomic mass is 32.2. The van der Waals surface area contributed by atoms with Crippen LogP contribution in [0.4, 0.5) is 5.69 Å². The van der Waals surface area contributed by atoms with Crippen LogP contribution in [0.2, 0.25) is 0 Å². The van der Waals surface area contributed by atoms with E-state index in [1.165, 1.54) is 4.31 Å². The molecule has 1 fully saturated rings. The molecule has 0 saturated carbocycles. The number of hydrogen-bond acceptors (Lipinski definition) is 4. The van der Waals surface area contributed by atoms with Gasteiger partial charge in [-0.1, -0.05) is 35.4 Å². The lowest BCUT2D eigenvalue weighted by molar-refractivity contribution is -0.132. The molecule has 1 amide bonds. The molecule has 0 bridgehead atoms. The number of sulfonamides is 1. The SMILES string of the molecule is Cc1ccc(N(CCC(=O)N2CCC(O)CC2)S(=O)(=O)c2ccc(C)cc2)cc1. The van der Waals surface area contributed by atoms with Crippen molar-refractivity contribution >= 4 is 21.6 Å². The molecule has 1 heterocycles. The lowest BCUT2D eigenvalue weighted by Gasteiger charge is -2.31. The molecule has 0 radical (unpaired) electrons. The predicted molar refractivity (Wildman–Crippen MR) is 113 cm³/mol. The Balaban J connectivity index is 1.82. The first-order chi connectivity index (χ1) is 13.8.